The van der Waals surface area contributed by atoms with Crippen molar-refractivity contribution in [2.24, 2.45) is 5.92 Å². The van der Waals surface area contributed by atoms with Crippen LogP contribution in [0.4, 0.5) is 0 Å². The van der Waals surface area contributed by atoms with Gasteiger partial charge in [0.05, 0.1) is 11.5 Å². The van der Waals surface area contributed by atoms with Gasteiger partial charge in [0.1, 0.15) is 6.04 Å². The predicted molar refractivity (Wildman–Crippen MR) is 113 cm³/mol. The van der Waals surface area contributed by atoms with Gasteiger partial charge in [0.15, 0.2) is 0 Å². The predicted octanol–water partition coefficient (Wildman–Crippen LogP) is 4.62. The number of carbonyl (C=O) groups excluding carboxylic acids is 1. The molecule has 0 spiro atoms. The summed E-state index contributed by atoms with van der Waals surface area (Å²) in [6.45, 7) is 5.92. The fourth-order valence-electron chi connectivity index (χ4n) is 2.88. The number of carbonyl (C=O) groups is 1. The lowest BCUT2D eigenvalue weighted by atomic mass is 10.0. The molecule has 1 atom stereocenters. The van der Waals surface area contributed by atoms with Gasteiger partial charge in [-0.05, 0) is 49.1 Å². The third-order valence-electron chi connectivity index (χ3n) is 4.20. The maximum Gasteiger partial charge on any atom is 0.324 e. The summed E-state index contributed by atoms with van der Waals surface area (Å²) in [4.78, 5) is 12.8. The molecule has 0 aliphatic heterocycles. The summed E-state index contributed by atoms with van der Waals surface area (Å²) in [6.07, 6.45) is 0.376. The minimum atomic E-state index is -3.91. The third kappa shape index (κ3) is 5.90. The van der Waals surface area contributed by atoms with Crippen LogP contribution in [-0.2, 0) is 26.1 Å². The number of nitrogens with zero attached hydrogens (tertiary/aromatic N) is 1. The van der Waals surface area contributed by atoms with Crippen LogP contribution in [0.1, 0.15) is 32.8 Å². The highest BCUT2D eigenvalue weighted by molar-refractivity contribution is 9.10. The van der Waals surface area contributed by atoms with E-state index >= 15 is 0 Å². The maximum atomic E-state index is 13.5. The molecule has 0 aliphatic rings. The lowest BCUT2D eigenvalue weighted by Crippen LogP contribution is -2.46. The summed E-state index contributed by atoms with van der Waals surface area (Å²) in [7, 11) is -3.91. The van der Waals surface area contributed by atoms with E-state index < -0.39 is 22.0 Å². The SMILES string of the molecule is CCOC(=O)[C@@H](CC(C)C)N(Cc1ccccc1)S(=O)(=O)c1ccc(Br)cc1. The van der Waals surface area contributed by atoms with Crippen LogP contribution in [-0.4, -0.2) is 31.3 Å². The molecule has 0 amide bonds. The zero-order valence-electron chi connectivity index (χ0n) is 16.3. The molecule has 0 radical (unpaired) electrons. The molecular weight excluding hydrogens is 442 g/mol. The standard InChI is InChI=1S/C21H26BrNO4S/c1-4-27-21(24)20(14-16(2)3)23(15-17-8-6-5-7-9-17)28(25,26)19-12-10-18(22)11-13-19/h5-13,16,20H,4,14-15H2,1-3H3/t20-/m1/s1. The van der Waals surface area contributed by atoms with Gasteiger partial charge in [-0.25, -0.2) is 8.42 Å². The Kier molecular flexibility index (Phi) is 8.22. The van der Waals surface area contributed by atoms with Gasteiger partial charge in [-0.1, -0.05) is 60.1 Å². The molecule has 2 rings (SSSR count). The van der Waals surface area contributed by atoms with Gasteiger partial charge in [0.2, 0.25) is 10.0 Å². The first-order chi connectivity index (χ1) is 13.3. The number of sulfonamides is 1. The molecule has 0 saturated carbocycles. The van der Waals surface area contributed by atoms with Crippen molar-refractivity contribution in [3.8, 4) is 0 Å². The summed E-state index contributed by atoms with van der Waals surface area (Å²) < 4.78 is 34.2. The number of halogens is 1. The van der Waals surface area contributed by atoms with Crippen molar-refractivity contribution < 1.29 is 17.9 Å². The van der Waals surface area contributed by atoms with Gasteiger partial charge < -0.3 is 4.74 Å². The summed E-state index contributed by atoms with van der Waals surface area (Å²) in [5.41, 5.74) is 0.807. The van der Waals surface area contributed by atoms with Crippen molar-refractivity contribution in [1.29, 1.82) is 0 Å². The highest BCUT2D eigenvalue weighted by atomic mass is 79.9. The molecule has 0 bridgehead atoms. The van der Waals surface area contributed by atoms with Crippen LogP contribution in [0.5, 0.6) is 0 Å². The molecule has 0 N–H and O–H groups in total. The van der Waals surface area contributed by atoms with Gasteiger partial charge in [0, 0.05) is 11.0 Å². The van der Waals surface area contributed by atoms with Gasteiger partial charge >= 0.3 is 5.97 Å². The van der Waals surface area contributed by atoms with Crippen molar-refractivity contribution >= 4 is 31.9 Å². The Morgan fingerprint density at radius 1 is 1.07 bits per heavy atom. The topological polar surface area (TPSA) is 63.7 Å². The minimum Gasteiger partial charge on any atom is -0.465 e. The molecule has 0 fully saturated rings. The molecule has 28 heavy (non-hydrogen) atoms. The first-order valence-corrected chi connectivity index (χ1v) is 11.5. The first-order valence-electron chi connectivity index (χ1n) is 9.23. The average Bonchev–Trinajstić information content (AvgIpc) is 2.65. The number of hydrogen-bond acceptors (Lipinski definition) is 4. The number of rotatable bonds is 9. The second kappa shape index (κ2) is 10.2. The molecule has 152 valence electrons. The van der Waals surface area contributed by atoms with E-state index in [1.807, 2.05) is 44.2 Å². The van der Waals surface area contributed by atoms with Crippen LogP contribution in [0.3, 0.4) is 0 Å². The Balaban J connectivity index is 2.52. The zero-order chi connectivity index (χ0) is 20.7. The number of ether oxygens (including phenoxy) is 1. The van der Waals surface area contributed by atoms with Crippen LogP contribution >= 0.6 is 15.9 Å². The second-order valence-electron chi connectivity index (χ2n) is 6.89. The first kappa shape index (κ1) is 22.6. The molecule has 0 unspecified atom stereocenters. The summed E-state index contributed by atoms with van der Waals surface area (Å²) in [5.74, 6) is -0.402. The third-order valence-corrected chi connectivity index (χ3v) is 6.60. The van der Waals surface area contributed by atoms with E-state index in [4.69, 9.17) is 4.74 Å². The number of benzene rings is 2. The minimum absolute atomic E-state index is 0.0927. The molecule has 0 heterocycles. The largest absolute Gasteiger partial charge is 0.465 e. The van der Waals surface area contributed by atoms with E-state index in [0.29, 0.717) is 6.42 Å². The molecule has 2 aromatic carbocycles. The van der Waals surface area contributed by atoms with Gasteiger partial charge in [-0.3, -0.25) is 4.79 Å². The maximum absolute atomic E-state index is 13.5. The number of hydrogen-bond donors (Lipinski definition) is 0. The molecule has 7 heteroatoms. The van der Waals surface area contributed by atoms with E-state index in [1.54, 1.807) is 19.1 Å². The molecule has 0 aliphatic carbocycles. The Morgan fingerprint density at radius 3 is 2.21 bits per heavy atom. The van der Waals surface area contributed by atoms with Gasteiger partial charge in [0.25, 0.3) is 0 Å². The smallest absolute Gasteiger partial charge is 0.324 e. The van der Waals surface area contributed by atoms with Crippen molar-refractivity contribution in [2.75, 3.05) is 6.61 Å². The van der Waals surface area contributed by atoms with Crippen LogP contribution < -0.4 is 0 Å². The zero-order valence-corrected chi connectivity index (χ0v) is 18.7. The Morgan fingerprint density at radius 2 is 1.68 bits per heavy atom. The van der Waals surface area contributed by atoms with E-state index in [2.05, 4.69) is 15.9 Å². The van der Waals surface area contributed by atoms with Crippen LogP contribution in [0.25, 0.3) is 0 Å². The normalized spacial score (nSPS) is 12.9. The van der Waals surface area contributed by atoms with E-state index in [0.717, 1.165) is 10.0 Å². The van der Waals surface area contributed by atoms with Crippen molar-refractivity contribution in [3.05, 3.63) is 64.6 Å². The molecular formula is C21H26BrNO4S. The summed E-state index contributed by atoms with van der Waals surface area (Å²) in [5, 5.41) is 0. The second-order valence-corrected chi connectivity index (χ2v) is 9.69. The number of esters is 1. The van der Waals surface area contributed by atoms with E-state index in [1.165, 1.54) is 16.4 Å². The Bertz CT molecular complexity index is 867. The lowest BCUT2D eigenvalue weighted by molar-refractivity contribution is -0.148. The average molecular weight is 468 g/mol. The van der Waals surface area contributed by atoms with Crippen LogP contribution in [0.15, 0.2) is 64.0 Å². The van der Waals surface area contributed by atoms with Crippen LogP contribution in [0, 0.1) is 5.92 Å². The fraction of sp³-hybridized carbons (Fsp3) is 0.381. The van der Waals surface area contributed by atoms with Crippen molar-refractivity contribution in [1.82, 2.24) is 4.31 Å². The molecule has 2 aromatic rings. The monoisotopic (exact) mass is 467 g/mol. The highest BCUT2D eigenvalue weighted by Gasteiger charge is 2.37. The van der Waals surface area contributed by atoms with E-state index in [9.17, 15) is 13.2 Å². The molecule has 0 aromatic heterocycles. The van der Waals surface area contributed by atoms with Crippen LogP contribution in [0.2, 0.25) is 0 Å². The highest BCUT2D eigenvalue weighted by Crippen LogP contribution is 2.26. The molecule has 0 saturated heterocycles. The van der Waals surface area contributed by atoms with Crippen molar-refractivity contribution in [3.63, 3.8) is 0 Å². The fourth-order valence-corrected chi connectivity index (χ4v) is 4.73. The molecule has 5 nitrogen and oxygen atoms in total. The Labute approximate surface area is 175 Å². The lowest BCUT2D eigenvalue weighted by Gasteiger charge is -2.30. The van der Waals surface area contributed by atoms with Gasteiger partial charge in [-0.2, -0.15) is 4.31 Å². The van der Waals surface area contributed by atoms with Gasteiger partial charge in [-0.15, -0.1) is 0 Å². The summed E-state index contributed by atoms with van der Waals surface area (Å²) >= 11 is 3.33. The van der Waals surface area contributed by atoms with Crippen molar-refractivity contribution in [2.45, 2.75) is 44.7 Å². The van der Waals surface area contributed by atoms with E-state index in [-0.39, 0.29) is 24.0 Å². The quantitative estimate of drug-likeness (QED) is 0.504. The Hall–Kier alpha value is -1.70. The summed E-state index contributed by atoms with van der Waals surface area (Å²) in [6, 6.07) is 14.8.